The van der Waals surface area contributed by atoms with Gasteiger partial charge in [-0.2, -0.15) is 0 Å². The molecular formula is C11H11BrCl2O3S. The summed E-state index contributed by atoms with van der Waals surface area (Å²) in [5, 5.41) is 0.515. The predicted octanol–water partition coefficient (Wildman–Crippen LogP) is 3.72. The zero-order chi connectivity index (χ0) is 14.1. The molecule has 0 unspecified atom stereocenters. The molecule has 0 amide bonds. The van der Waals surface area contributed by atoms with Gasteiger partial charge in [-0.15, -0.1) is 0 Å². The number of halogens is 3. The number of carbonyl (C=O) groups is 1. The monoisotopic (exact) mass is 372 g/mol. The molecule has 0 aliphatic carbocycles. The second-order valence-electron chi connectivity index (χ2n) is 3.81. The average Bonchev–Trinajstić information content (AvgIpc) is 2.25. The molecule has 1 aromatic rings. The quantitative estimate of drug-likeness (QED) is 0.596. The molecule has 7 heteroatoms. The molecule has 1 aromatic carbocycles. The van der Waals surface area contributed by atoms with Crippen molar-refractivity contribution >= 4 is 54.8 Å². The summed E-state index contributed by atoms with van der Waals surface area (Å²) in [7, 11) is -3.61. The summed E-state index contributed by atoms with van der Waals surface area (Å²) in [6, 6.07) is 4.32. The molecular weight excluding hydrogens is 363 g/mol. The molecule has 0 radical (unpaired) electrons. The highest BCUT2D eigenvalue weighted by molar-refractivity contribution is 9.12. The number of hydrogen-bond donors (Lipinski definition) is 0. The lowest BCUT2D eigenvalue weighted by atomic mass is 10.1. The molecule has 0 N–H and O–H groups in total. The van der Waals surface area contributed by atoms with Crippen LogP contribution >= 0.6 is 39.1 Å². The fraction of sp³-hybridized carbons (Fsp3) is 0.364. The van der Waals surface area contributed by atoms with Crippen LogP contribution in [0.2, 0.25) is 10.0 Å². The Morgan fingerprint density at radius 3 is 2.33 bits per heavy atom. The molecule has 0 fully saturated rings. The second kappa shape index (κ2) is 5.49. The lowest BCUT2D eigenvalue weighted by molar-refractivity contribution is 0.0976. The molecule has 0 aliphatic heterocycles. The maximum absolute atomic E-state index is 12.3. The van der Waals surface area contributed by atoms with E-state index in [9.17, 15) is 13.2 Å². The number of hydrogen-bond acceptors (Lipinski definition) is 3. The van der Waals surface area contributed by atoms with E-state index in [0.717, 1.165) is 6.26 Å². The standard InChI is InChI=1S/C11H11BrCl2O3S/c1-3-11(12,18(2,16)17)10(15)8-5-4-7(13)6-9(8)14/h4-6H,3H2,1-2H3/t11-/m1/s1. The van der Waals surface area contributed by atoms with E-state index in [4.69, 9.17) is 23.2 Å². The van der Waals surface area contributed by atoms with Crippen LogP contribution < -0.4 is 0 Å². The maximum Gasteiger partial charge on any atom is 0.196 e. The van der Waals surface area contributed by atoms with Gasteiger partial charge < -0.3 is 0 Å². The van der Waals surface area contributed by atoms with Crippen LogP contribution in [-0.4, -0.2) is 24.1 Å². The van der Waals surface area contributed by atoms with E-state index >= 15 is 0 Å². The van der Waals surface area contributed by atoms with Gasteiger partial charge in [0, 0.05) is 16.8 Å². The molecule has 0 aromatic heterocycles. The molecule has 0 aliphatic rings. The van der Waals surface area contributed by atoms with Gasteiger partial charge in [-0.1, -0.05) is 46.1 Å². The molecule has 0 saturated heterocycles. The molecule has 0 heterocycles. The Kier molecular flexibility index (Phi) is 4.87. The Morgan fingerprint density at radius 2 is 1.94 bits per heavy atom. The molecule has 1 atom stereocenters. The van der Waals surface area contributed by atoms with E-state index in [0.29, 0.717) is 5.02 Å². The van der Waals surface area contributed by atoms with Crippen molar-refractivity contribution in [1.29, 1.82) is 0 Å². The van der Waals surface area contributed by atoms with Gasteiger partial charge in [-0.05, 0) is 24.6 Å². The van der Waals surface area contributed by atoms with Crippen LogP contribution in [0.1, 0.15) is 23.7 Å². The number of sulfone groups is 1. The van der Waals surface area contributed by atoms with Gasteiger partial charge in [0.05, 0.1) is 5.02 Å². The predicted molar refractivity (Wildman–Crippen MR) is 77.6 cm³/mol. The van der Waals surface area contributed by atoms with Gasteiger partial charge in [0.15, 0.2) is 19.3 Å². The number of ketones is 1. The number of alkyl halides is 1. The maximum atomic E-state index is 12.3. The molecule has 0 bridgehead atoms. The molecule has 0 spiro atoms. The van der Waals surface area contributed by atoms with Crippen molar-refractivity contribution in [3.63, 3.8) is 0 Å². The van der Waals surface area contributed by atoms with Crippen LogP contribution in [0.15, 0.2) is 18.2 Å². The topological polar surface area (TPSA) is 51.2 Å². The lowest BCUT2D eigenvalue weighted by Crippen LogP contribution is -2.39. The minimum Gasteiger partial charge on any atom is -0.291 e. The summed E-state index contributed by atoms with van der Waals surface area (Å²) in [6.45, 7) is 1.61. The van der Waals surface area contributed by atoms with Gasteiger partial charge in [-0.3, -0.25) is 4.79 Å². The Bertz CT molecular complexity index is 586. The Morgan fingerprint density at radius 1 is 1.39 bits per heavy atom. The number of Topliss-reactive ketones (excluding diaryl/α,β-unsaturated/α-hetero) is 1. The SMILES string of the molecule is CC[C@](Br)(C(=O)c1ccc(Cl)cc1Cl)S(C)(=O)=O. The number of carbonyl (C=O) groups excluding carboxylic acids is 1. The second-order valence-corrected chi connectivity index (χ2v) is 8.77. The summed E-state index contributed by atoms with van der Waals surface area (Å²) in [5.41, 5.74) is 0.130. The lowest BCUT2D eigenvalue weighted by Gasteiger charge is -2.22. The van der Waals surface area contributed by atoms with Crippen LogP contribution in [0.25, 0.3) is 0 Å². The molecule has 18 heavy (non-hydrogen) atoms. The zero-order valence-electron chi connectivity index (χ0n) is 9.71. The van der Waals surface area contributed by atoms with Crippen LogP contribution in [0.4, 0.5) is 0 Å². The van der Waals surface area contributed by atoms with Crippen molar-refractivity contribution in [2.45, 2.75) is 17.0 Å². The van der Waals surface area contributed by atoms with E-state index in [-0.39, 0.29) is 17.0 Å². The van der Waals surface area contributed by atoms with Gasteiger partial charge in [0.25, 0.3) is 0 Å². The van der Waals surface area contributed by atoms with Gasteiger partial charge in [0.1, 0.15) is 0 Å². The summed E-state index contributed by atoms with van der Waals surface area (Å²) >= 11 is 14.7. The highest BCUT2D eigenvalue weighted by Gasteiger charge is 2.44. The van der Waals surface area contributed by atoms with Crippen molar-refractivity contribution in [3.05, 3.63) is 33.8 Å². The van der Waals surface area contributed by atoms with Crippen molar-refractivity contribution in [2.75, 3.05) is 6.26 Å². The minimum absolute atomic E-state index is 0.101. The van der Waals surface area contributed by atoms with Gasteiger partial charge in [-0.25, -0.2) is 8.42 Å². The summed E-state index contributed by atoms with van der Waals surface area (Å²) in [6.07, 6.45) is 1.11. The zero-order valence-corrected chi connectivity index (χ0v) is 13.6. The summed E-state index contributed by atoms with van der Waals surface area (Å²) in [5.74, 6) is -0.589. The van der Waals surface area contributed by atoms with Gasteiger partial charge in [0.2, 0.25) is 0 Å². The summed E-state index contributed by atoms with van der Waals surface area (Å²) in [4.78, 5) is 12.3. The largest absolute Gasteiger partial charge is 0.291 e. The highest BCUT2D eigenvalue weighted by atomic mass is 79.9. The first-order valence-corrected chi connectivity index (χ1v) is 8.46. The third-order valence-electron chi connectivity index (χ3n) is 2.56. The minimum atomic E-state index is -3.61. The Labute approximate surface area is 125 Å². The molecule has 3 nitrogen and oxygen atoms in total. The van der Waals surface area contributed by atoms with Crippen LogP contribution in [0.5, 0.6) is 0 Å². The smallest absolute Gasteiger partial charge is 0.196 e. The normalized spacial score (nSPS) is 15.2. The molecule has 1 rings (SSSR count). The van der Waals surface area contributed by atoms with Crippen LogP contribution in [-0.2, 0) is 9.84 Å². The molecule has 0 saturated carbocycles. The third-order valence-corrected chi connectivity index (χ3v) is 7.44. The van der Waals surface area contributed by atoms with Crippen molar-refractivity contribution < 1.29 is 13.2 Å². The average molecular weight is 374 g/mol. The third kappa shape index (κ3) is 2.90. The highest BCUT2D eigenvalue weighted by Crippen LogP contribution is 2.35. The number of benzene rings is 1. The van der Waals surface area contributed by atoms with E-state index in [2.05, 4.69) is 15.9 Å². The van der Waals surface area contributed by atoms with Crippen molar-refractivity contribution in [3.8, 4) is 0 Å². The number of rotatable bonds is 4. The van der Waals surface area contributed by atoms with E-state index in [1.807, 2.05) is 0 Å². The van der Waals surface area contributed by atoms with Crippen LogP contribution in [0, 0.1) is 0 Å². The van der Waals surface area contributed by atoms with E-state index in [1.165, 1.54) is 18.2 Å². The summed E-state index contributed by atoms with van der Waals surface area (Å²) < 4.78 is 21.8. The van der Waals surface area contributed by atoms with Crippen molar-refractivity contribution in [1.82, 2.24) is 0 Å². The first-order valence-electron chi connectivity index (χ1n) is 5.02. The van der Waals surface area contributed by atoms with E-state index < -0.39 is 19.3 Å². The first kappa shape index (κ1) is 16.0. The fourth-order valence-corrected chi connectivity index (χ4v) is 3.14. The Hall–Kier alpha value is -0.100. The van der Waals surface area contributed by atoms with Gasteiger partial charge >= 0.3 is 0 Å². The van der Waals surface area contributed by atoms with Crippen molar-refractivity contribution in [2.24, 2.45) is 0 Å². The first-order chi connectivity index (χ1) is 8.13. The fourth-order valence-electron chi connectivity index (χ4n) is 1.47. The Balaban J connectivity index is 3.37. The van der Waals surface area contributed by atoms with Crippen LogP contribution in [0.3, 0.4) is 0 Å². The van der Waals surface area contributed by atoms with E-state index in [1.54, 1.807) is 6.92 Å². The molecule has 100 valence electrons.